The van der Waals surface area contributed by atoms with Gasteiger partial charge in [0.05, 0.1) is 13.7 Å². The lowest BCUT2D eigenvalue weighted by molar-refractivity contribution is -0.153. The maximum absolute atomic E-state index is 12.8. The molecule has 0 bridgehead atoms. The van der Waals surface area contributed by atoms with Crippen molar-refractivity contribution in [2.75, 3.05) is 13.7 Å². The monoisotopic (exact) mass is 260 g/mol. The Bertz CT molecular complexity index is 421. The van der Waals surface area contributed by atoms with E-state index in [1.807, 2.05) is 0 Å². The van der Waals surface area contributed by atoms with E-state index in [-0.39, 0.29) is 17.9 Å². The normalized spacial score (nSPS) is 12.3. The predicted molar refractivity (Wildman–Crippen MR) is 59.5 cm³/mol. The zero-order chi connectivity index (χ0) is 13.7. The van der Waals surface area contributed by atoms with E-state index >= 15 is 0 Å². The minimum atomic E-state index is -2.80. The van der Waals surface area contributed by atoms with Crippen LogP contribution in [0.25, 0.3) is 0 Å². The number of aliphatic hydroxyl groups excluding tert-OH is 1. The summed E-state index contributed by atoms with van der Waals surface area (Å²) in [7, 11) is 1.36. The SMILES string of the molecule is CCOC(=O)C(O)c1cc(OC)ccc1C(F)F. The summed E-state index contributed by atoms with van der Waals surface area (Å²) in [5.41, 5.74) is -0.626. The Hall–Kier alpha value is -1.69. The number of carbonyl (C=O) groups is 1. The number of aliphatic hydroxyl groups is 1. The smallest absolute Gasteiger partial charge is 0.339 e. The maximum atomic E-state index is 12.8. The van der Waals surface area contributed by atoms with E-state index in [1.54, 1.807) is 6.92 Å². The van der Waals surface area contributed by atoms with Crippen LogP contribution < -0.4 is 4.74 Å². The van der Waals surface area contributed by atoms with Crippen LogP contribution in [0.1, 0.15) is 30.6 Å². The number of carbonyl (C=O) groups excluding carboxylic acids is 1. The Morgan fingerprint density at radius 2 is 2.06 bits per heavy atom. The largest absolute Gasteiger partial charge is 0.497 e. The molecule has 18 heavy (non-hydrogen) atoms. The molecule has 0 radical (unpaired) electrons. The van der Waals surface area contributed by atoms with Crippen molar-refractivity contribution in [2.45, 2.75) is 19.5 Å². The molecule has 0 aliphatic carbocycles. The van der Waals surface area contributed by atoms with Gasteiger partial charge in [-0.2, -0.15) is 0 Å². The molecule has 0 fully saturated rings. The van der Waals surface area contributed by atoms with Crippen LogP contribution in [-0.4, -0.2) is 24.8 Å². The molecular formula is C12H14F2O4. The van der Waals surface area contributed by atoms with Gasteiger partial charge in [0.2, 0.25) is 0 Å². The van der Waals surface area contributed by atoms with E-state index in [9.17, 15) is 18.7 Å². The Morgan fingerprint density at radius 1 is 1.39 bits per heavy atom. The van der Waals surface area contributed by atoms with E-state index in [2.05, 4.69) is 4.74 Å². The third-order valence-electron chi connectivity index (χ3n) is 2.33. The molecule has 1 N–H and O–H groups in total. The van der Waals surface area contributed by atoms with Gasteiger partial charge in [0, 0.05) is 11.1 Å². The number of rotatable bonds is 5. The highest BCUT2D eigenvalue weighted by Gasteiger charge is 2.25. The topological polar surface area (TPSA) is 55.8 Å². The maximum Gasteiger partial charge on any atom is 0.339 e. The van der Waals surface area contributed by atoms with Crippen LogP contribution in [0.15, 0.2) is 18.2 Å². The lowest BCUT2D eigenvalue weighted by Gasteiger charge is -2.15. The highest BCUT2D eigenvalue weighted by Crippen LogP contribution is 2.31. The molecule has 0 aromatic heterocycles. The quantitative estimate of drug-likeness (QED) is 0.825. The van der Waals surface area contributed by atoms with Gasteiger partial charge in [-0.3, -0.25) is 0 Å². The molecular weight excluding hydrogens is 246 g/mol. The number of methoxy groups -OCH3 is 1. The fourth-order valence-corrected chi connectivity index (χ4v) is 1.46. The van der Waals surface area contributed by atoms with Gasteiger partial charge in [-0.25, -0.2) is 13.6 Å². The van der Waals surface area contributed by atoms with Crippen molar-refractivity contribution in [2.24, 2.45) is 0 Å². The zero-order valence-corrected chi connectivity index (χ0v) is 10.0. The van der Waals surface area contributed by atoms with Gasteiger partial charge in [-0.05, 0) is 25.1 Å². The minimum absolute atomic E-state index is 0.0594. The first-order valence-electron chi connectivity index (χ1n) is 5.32. The molecule has 1 rings (SSSR count). The van der Waals surface area contributed by atoms with Crippen molar-refractivity contribution in [3.05, 3.63) is 29.3 Å². The predicted octanol–water partition coefficient (Wildman–Crippen LogP) is 2.23. The lowest BCUT2D eigenvalue weighted by Crippen LogP contribution is -2.17. The number of halogens is 2. The molecule has 0 saturated carbocycles. The van der Waals surface area contributed by atoms with E-state index < -0.39 is 24.1 Å². The van der Waals surface area contributed by atoms with Crippen molar-refractivity contribution in [1.29, 1.82) is 0 Å². The third-order valence-corrected chi connectivity index (χ3v) is 2.33. The molecule has 0 amide bonds. The second-order valence-electron chi connectivity index (χ2n) is 3.45. The van der Waals surface area contributed by atoms with E-state index in [0.717, 1.165) is 6.07 Å². The van der Waals surface area contributed by atoms with Gasteiger partial charge in [-0.15, -0.1) is 0 Å². The zero-order valence-electron chi connectivity index (χ0n) is 10.0. The summed E-state index contributed by atoms with van der Waals surface area (Å²) in [6.45, 7) is 1.62. The number of alkyl halides is 2. The van der Waals surface area contributed by atoms with Gasteiger partial charge in [0.15, 0.2) is 6.10 Å². The molecule has 0 saturated heterocycles. The molecule has 1 aromatic carbocycles. The van der Waals surface area contributed by atoms with Crippen molar-refractivity contribution < 1.29 is 28.2 Å². The van der Waals surface area contributed by atoms with E-state index in [1.165, 1.54) is 19.2 Å². The van der Waals surface area contributed by atoms with E-state index in [0.29, 0.717) is 0 Å². The molecule has 6 heteroatoms. The Balaban J connectivity index is 3.14. The first kappa shape index (κ1) is 14.4. The molecule has 1 aromatic rings. The Kier molecular flexibility index (Phi) is 5.03. The summed E-state index contributed by atoms with van der Waals surface area (Å²) >= 11 is 0. The molecule has 4 nitrogen and oxygen atoms in total. The van der Waals surface area contributed by atoms with Gasteiger partial charge in [0.25, 0.3) is 6.43 Å². The number of hydrogen-bond acceptors (Lipinski definition) is 4. The molecule has 1 unspecified atom stereocenters. The standard InChI is InChI=1S/C12H14F2O4/c1-3-18-12(16)10(15)9-6-7(17-2)4-5-8(9)11(13)14/h4-6,10-11,15H,3H2,1-2H3. The summed E-state index contributed by atoms with van der Waals surface area (Å²) in [5, 5.41) is 9.71. The van der Waals surface area contributed by atoms with Gasteiger partial charge in [0.1, 0.15) is 5.75 Å². The van der Waals surface area contributed by atoms with Gasteiger partial charge in [-0.1, -0.05) is 0 Å². The lowest BCUT2D eigenvalue weighted by atomic mass is 10.0. The molecule has 100 valence electrons. The van der Waals surface area contributed by atoms with Crippen molar-refractivity contribution in [3.63, 3.8) is 0 Å². The average Bonchev–Trinajstić information content (AvgIpc) is 2.37. The summed E-state index contributed by atoms with van der Waals surface area (Å²) in [4.78, 5) is 11.4. The van der Waals surface area contributed by atoms with Crippen molar-refractivity contribution >= 4 is 5.97 Å². The van der Waals surface area contributed by atoms with Gasteiger partial charge < -0.3 is 14.6 Å². The van der Waals surface area contributed by atoms with Crippen molar-refractivity contribution in [3.8, 4) is 5.75 Å². The summed E-state index contributed by atoms with van der Waals surface area (Å²) in [6, 6.07) is 3.65. The second-order valence-corrected chi connectivity index (χ2v) is 3.45. The minimum Gasteiger partial charge on any atom is -0.497 e. The summed E-state index contributed by atoms with van der Waals surface area (Å²) < 4.78 is 35.0. The van der Waals surface area contributed by atoms with Crippen LogP contribution in [0.2, 0.25) is 0 Å². The highest BCUT2D eigenvalue weighted by molar-refractivity contribution is 5.77. The first-order chi connectivity index (χ1) is 8.51. The number of ether oxygens (including phenoxy) is 2. The third kappa shape index (κ3) is 3.16. The van der Waals surface area contributed by atoms with Gasteiger partial charge >= 0.3 is 5.97 Å². The van der Waals surface area contributed by atoms with Crippen molar-refractivity contribution in [1.82, 2.24) is 0 Å². The molecule has 0 spiro atoms. The molecule has 0 aliphatic rings. The average molecular weight is 260 g/mol. The van der Waals surface area contributed by atoms with Crippen LogP contribution in [0, 0.1) is 0 Å². The second kappa shape index (κ2) is 6.30. The van der Waals surface area contributed by atoms with Crippen LogP contribution in [0.5, 0.6) is 5.75 Å². The molecule has 0 heterocycles. The number of benzene rings is 1. The van der Waals surface area contributed by atoms with E-state index in [4.69, 9.17) is 4.74 Å². The highest BCUT2D eigenvalue weighted by atomic mass is 19.3. The Labute approximate surface area is 103 Å². The fraction of sp³-hybridized carbons (Fsp3) is 0.417. The van der Waals surface area contributed by atoms with Crippen LogP contribution >= 0.6 is 0 Å². The van der Waals surface area contributed by atoms with Crippen LogP contribution in [0.3, 0.4) is 0 Å². The molecule has 0 aliphatic heterocycles. The van der Waals surface area contributed by atoms with Crippen LogP contribution in [-0.2, 0) is 9.53 Å². The van der Waals surface area contributed by atoms with Crippen LogP contribution in [0.4, 0.5) is 8.78 Å². The number of hydrogen-bond donors (Lipinski definition) is 1. The fourth-order valence-electron chi connectivity index (χ4n) is 1.46. The summed E-state index contributed by atoms with van der Waals surface area (Å²) in [6.07, 6.45) is -4.54. The summed E-state index contributed by atoms with van der Waals surface area (Å²) in [5.74, 6) is -0.689. The Morgan fingerprint density at radius 3 is 2.56 bits per heavy atom. The first-order valence-corrected chi connectivity index (χ1v) is 5.32. The number of esters is 1. The molecule has 1 atom stereocenters.